The minimum Gasteiger partial charge on any atom is -0.495 e. The first-order valence-electron chi connectivity index (χ1n) is 9.52. The number of methoxy groups -OCH3 is 1. The predicted molar refractivity (Wildman–Crippen MR) is 118 cm³/mol. The SMILES string of the molecule is COc1cncc(Oc2ccc3ccn(C(=O)Cn4cnc5cc(Cl)ccc54)c3c2)c1. The van der Waals surface area contributed by atoms with Crippen LogP contribution in [0.4, 0.5) is 0 Å². The molecular weight excluding hydrogens is 416 g/mol. The van der Waals surface area contributed by atoms with Crippen LogP contribution in [0.3, 0.4) is 0 Å². The topological polar surface area (TPSA) is 71.2 Å². The minimum absolute atomic E-state index is 0.0931. The Hall–Kier alpha value is -3.84. The summed E-state index contributed by atoms with van der Waals surface area (Å²) in [6.07, 6.45) is 6.62. The Balaban J connectivity index is 1.44. The molecule has 0 aliphatic carbocycles. The van der Waals surface area contributed by atoms with Gasteiger partial charge in [-0.3, -0.25) is 14.3 Å². The number of benzene rings is 2. The molecule has 8 heteroatoms. The number of carbonyl (C=O) groups is 1. The molecule has 7 nitrogen and oxygen atoms in total. The van der Waals surface area contributed by atoms with Gasteiger partial charge in [-0.2, -0.15) is 0 Å². The van der Waals surface area contributed by atoms with Crippen molar-refractivity contribution in [1.29, 1.82) is 0 Å². The summed E-state index contributed by atoms with van der Waals surface area (Å²) in [5.74, 6) is 1.65. The van der Waals surface area contributed by atoms with Crippen molar-refractivity contribution in [1.82, 2.24) is 19.1 Å². The summed E-state index contributed by atoms with van der Waals surface area (Å²) in [4.78, 5) is 21.5. The first-order valence-corrected chi connectivity index (χ1v) is 9.90. The van der Waals surface area contributed by atoms with E-state index in [1.54, 1.807) is 54.8 Å². The highest BCUT2D eigenvalue weighted by atomic mass is 35.5. The highest BCUT2D eigenvalue weighted by molar-refractivity contribution is 6.31. The van der Waals surface area contributed by atoms with Crippen molar-refractivity contribution in [2.24, 2.45) is 0 Å². The fourth-order valence-electron chi connectivity index (χ4n) is 3.48. The lowest BCUT2D eigenvalue weighted by Gasteiger charge is -2.09. The largest absolute Gasteiger partial charge is 0.495 e. The molecule has 0 saturated carbocycles. The first-order chi connectivity index (χ1) is 15.1. The van der Waals surface area contributed by atoms with Crippen LogP contribution in [-0.2, 0) is 6.54 Å². The number of pyridine rings is 1. The number of halogens is 1. The molecule has 0 aliphatic heterocycles. The fourth-order valence-corrected chi connectivity index (χ4v) is 3.64. The van der Waals surface area contributed by atoms with Crippen LogP contribution in [0.2, 0.25) is 5.02 Å². The smallest absolute Gasteiger partial charge is 0.251 e. The monoisotopic (exact) mass is 432 g/mol. The molecule has 3 aromatic heterocycles. The van der Waals surface area contributed by atoms with Crippen LogP contribution in [0, 0.1) is 0 Å². The maximum absolute atomic E-state index is 13.1. The van der Waals surface area contributed by atoms with Crippen LogP contribution in [0.5, 0.6) is 17.2 Å². The molecule has 0 aliphatic rings. The lowest BCUT2D eigenvalue weighted by Crippen LogP contribution is -2.16. The van der Waals surface area contributed by atoms with Crippen molar-refractivity contribution < 1.29 is 14.3 Å². The van der Waals surface area contributed by atoms with Crippen LogP contribution in [0.25, 0.3) is 21.9 Å². The van der Waals surface area contributed by atoms with Gasteiger partial charge in [-0.25, -0.2) is 4.98 Å². The summed E-state index contributed by atoms with van der Waals surface area (Å²) in [6, 6.07) is 14.7. The average molecular weight is 433 g/mol. The van der Waals surface area contributed by atoms with Gasteiger partial charge in [0.2, 0.25) is 0 Å². The molecule has 2 aromatic carbocycles. The molecular formula is C23H17ClN4O3. The zero-order valence-electron chi connectivity index (χ0n) is 16.5. The molecule has 0 amide bonds. The van der Waals surface area contributed by atoms with Gasteiger partial charge in [0.1, 0.15) is 23.8 Å². The number of imidazole rings is 1. The number of carbonyl (C=O) groups excluding carboxylic acids is 1. The number of nitrogens with zero attached hydrogens (tertiary/aromatic N) is 4. The van der Waals surface area contributed by atoms with E-state index in [0.29, 0.717) is 22.3 Å². The molecule has 5 aromatic rings. The van der Waals surface area contributed by atoms with Gasteiger partial charge in [-0.05, 0) is 36.4 Å². The second kappa shape index (κ2) is 7.77. The Labute approximate surface area is 182 Å². The lowest BCUT2D eigenvalue weighted by atomic mass is 10.2. The summed E-state index contributed by atoms with van der Waals surface area (Å²) in [7, 11) is 1.57. The lowest BCUT2D eigenvalue weighted by molar-refractivity contribution is 0.0898. The van der Waals surface area contributed by atoms with Gasteiger partial charge in [-0.15, -0.1) is 0 Å². The van der Waals surface area contributed by atoms with E-state index in [9.17, 15) is 4.79 Å². The van der Waals surface area contributed by atoms with Crippen molar-refractivity contribution in [3.8, 4) is 17.2 Å². The maximum atomic E-state index is 13.1. The van der Waals surface area contributed by atoms with Gasteiger partial charge in [-0.1, -0.05) is 11.6 Å². The van der Waals surface area contributed by atoms with Crippen LogP contribution in [0.1, 0.15) is 4.79 Å². The third kappa shape index (κ3) is 3.71. The van der Waals surface area contributed by atoms with Crippen molar-refractivity contribution >= 4 is 39.4 Å². The normalized spacial score (nSPS) is 11.2. The Morgan fingerprint density at radius 2 is 1.87 bits per heavy atom. The summed E-state index contributed by atoms with van der Waals surface area (Å²) in [5.41, 5.74) is 2.36. The second-order valence-electron chi connectivity index (χ2n) is 6.97. The Morgan fingerprint density at radius 3 is 2.74 bits per heavy atom. The van der Waals surface area contributed by atoms with Crippen molar-refractivity contribution in [3.05, 3.63) is 78.5 Å². The number of hydrogen-bond acceptors (Lipinski definition) is 5. The van der Waals surface area contributed by atoms with Gasteiger partial charge < -0.3 is 14.0 Å². The number of aromatic nitrogens is 4. The molecule has 0 N–H and O–H groups in total. The van der Waals surface area contributed by atoms with E-state index in [0.717, 1.165) is 21.9 Å². The Kier molecular flexibility index (Phi) is 4.80. The summed E-state index contributed by atoms with van der Waals surface area (Å²) < 4.78 is 14.5. The third-order valence-corrected chi connectivity index (χ3v) is 5.22. The fraction of sp³-hybridized carbons (Fsp3) is 0.0870. The van der Waals surface area contributed by atoms with E-state index in [1.807, 2.05) is 34.9 Å². The quantitative estimate of drug-likeness (QED) is 0.382. The van der Waals surface area contributed by atoms with E-state index < -0.39 is 0 Å². The maximum Gasteiger partial charge on any atom is 0.251 e. The van der Waals surface area contributed by atoms with Gasteiger partial charge in [0.25, 0.3) is 5.91 Å². The van der Waals surface area contributed by atoms with Gasteiger partial charge in [0, 0.05) is 28.7 Å². The summed E-state index contributed by atoms with van der Waals surface area (Å²) >= 11 is 6.03. The van der Waals surface area contributed by atoms with E-state index >= 15 is 0 Å². The Bertz CT molecular complexity index is 1420. The molecule has 0 saturated heterocycles. The number of rotatable bonds is 5. The molecule has 0 radical (unpaired) electrons. The molecule has 0 fully saturated rings. The van der Waals surface area contributed by atoms with Crippen LogP contribution < -0.4 is 9.47 Å². The highest BCUT2D eigenvalue weighted by Gasteiger charge is 2.13. The molecule has 5 rings (SSSR count). The van der Waals surface area contributed by atoms with E-state index in [2.05, 4.69) is 9.97 Å². The van der Waals surface area contributed by atoms with Crippen molar-refractivity contribution in [2.75, 3.05) is 7.11 Å². The third-order valence-electron chi connectivity index (χ3n) is 4.98. The molecule has 0 spiro atoms. The number of hydrogen-bond donors (Lipinski definition) is 0. The van der Waals surface area contributed by atoms with Crippen molar-refractivity contribution in [3.63, 3.8) is 0 Å². The van der Waals surface area contributed by atoms with E-state index in [4.69, 9.17) is 21.1 Å². The van der Waals surface area contributed by atoms with Gasteiger partial charge >= 0.3 is 0 Å². The predicted octanol–water partition coefficient (Wildman–Crippen LogP) is 5.18. The second-order valence-corrected chi connectivity index (χ2v) is 7.40. The van der Waals surface area contributed by atoms with Gasteiger partial charge in [0.15, 0.2) is 0 Å². The van der Waals surface area contributed by atoms with Crippen molar-refractivity contribution in [2.45, 2.75) is 6.54 Å². The van der Waals surface area contributed by atoms with E-state index in [-0.39, 0.29) is 12.5 Å². The standard InChI is InChI=1S/C23H17ClN4O3/c1-30-18-9-19(12-25-11-18)31-17-4-2-15-6-7-28(22(15)10-17)23(29)13-27-14-26-20-8-16(24)3-5-21(20)27/h2-12,14H,13H2,1H3. The van der Waals surface area contributed by atoms with Crippen LogP contribution in [-0.4, -0.2) is 32.1 Å². The molecule has 154 valence electrons. The number of ether oxygens (including phenoxy) is 2. The molecule has 31 heavy (non-hydrogen) atoms. The number of fused-ring (bicyclic) bond motifs is 2. The average Bonchev–Trinajstić information content (AvgIpc) is 3.37. The zero-order chi connectivity index (χ0) is 21.4. The molecule has 0 bridgehead atoms. The molecule has 0 unspecified atom stereocenters. The molecule has 0 atom stereocenters. The first kappa shape index (κ1) is 19.1. The highest BCUT2D eigenvalue weighted by Crippen LogP contribution is 2.28. The van der Waals surface area contributed by atoms with Crippen LogP contribution >= 0.6 is 11.6 Å². The Morgan fingerprint density at radius 1 is 1.00 bits per heavy atom. The van der Waals surface area contributed by atoms with Crippen LogP contribution in [0.15, 0.2) is 73.4 Å². The van der Waals surface area contributed by atoms with Gasteiger partial charge in [0.05, 0.1) is 42.4 Å². The summed E-state index contributed by atoms with van der Waals surface area (Å²) in [6.45, 7) is 0.146. The minimum atomic E-state index is -0.0931. The zero-order valence-corrected chi connectivity index (χ0v) is 17.3. The summed E-state index contributed by atoms with van der Waals surface area (Å²) in [5, 5.41) is 1.55. The molecule has 3 heterocycles. The van der Waals surface area contributed by atoms with E-state index in [1.165, 1.54) is 0 Å².